The summed E-state index contributed by atoms with van der Waals surface area (Å²) in [5.41, 5.74) is 2.12. The fourth-order valence-corrected chi connectivity index (χ4v) is 6.49. The zero-order valence-corrected chi connectivity index (χ0v) is 28.3. The van der Waals surface area contributed by atoms with Crippen LogP contribution in [0.1, 0.15) is 39.6 Å². The first-order chi connectivity index (χ1) is 23.2. The van der Waals surface area contributed by atoms with Gasteiger partial charge in [0.1, 0.15) is 11.4 Å². The van der Waals surface area contributed by atoms with Gasteiger partial charge < -0.3 is 20.1 Å². The van der Waals surface area contributed by atoms with Crippen molar-refractivity contribution in [3.8, 4) is 5.75 Å². The van der Waals surface area contributed by atoms with Gasteiger partial charge in [0.25, 0.3) is 11.8 Å². The van der Waals surface area contributed by atoms with Crippen LogP contribution in [-0.4, -0.2) is 48.6 Å². The number of thioether (sulfide) groups is 1. The number of carbonyl (C=O) groups excluding carboxylic acids is 5. The smallest absolute Gasteiger partial charge is 0.338 e. The second-order valence-corrected chi connectivity index (χ2v) is 12.5. The van der Waals surface area contributed by atoms with Gasteiger partial charge in [0, 0.05) is 22.6 Å². The van der Waals surface area contributed by atoms with Crippen LogP contribution < -0.4 is 20.3 Å². The minimum Gasteiger partial charge on any atom is -0.496 e. The van der Waals surface area contributed by atoms with Crippen LogP contribution in [-0.2, 0) is 19.1 Å². The molecule has 0 aliphatic carbocycles. The zero-order chi connectivity index (χ0) is 34.2. The third kappa shape index (κ3) is 8.20. The molecule has 1 aliphatic heterocycles. The minimum absolute atomic E-state index is 0.000149. The molecular formula is C36H30BrN3O7S. The first-order valence-corrected chi connectivity index (χ1v) is 16.5. The van der Waals surface area contributed by atoms with Crippen molar-refractivity contribution in [1.29, 1.82) is 0 Å². The van der Waals surface area contributed by atoms with Crippen molar-refractivity contribution in [1.82, 2.24) is 5.32 Å². The van der Waals surface area contributed by atoms with E-state index in [4.69, 9.17) is 9.47 Å². The highest BCUT2D eigenvalue weighted by Gasteiger charge is 2.40. The number of carbonyl (C=O) groups is 5. The molecule has 0 bridgehead atoms. The summed E-state index contributed by atoms with van der Waals surface area (Å²) in [6, 6.07) is 26.8. The van der Waals surface area contributed by atoms with Gasteiger partial charge >= 0.3 is 5.97 Å². The van der Waals surface area contributed by atoms with Crippen LogP contribution in [0, 0.1) is 0 Å². The molecule has 0 unspecified atom stereocenters. The molecule has 244 valence electrons. The van der Waals surface area contributed by atoms with E-state index in [-0.39, 0.29) is 30.5 Å². The third-order valence-corrected chi connectivity index (χ3v) is 8.93. The molecule has 1 heterocycles. The van der Waals surface area contributed by atoms with Crippen LogP contribution >= 0.6 is 27.7 Å². The lowest BCUT2D eigenvalue weighted by molar-refractivity contribution is -0.121. The Bertz CT molecular complexity index is 1900. The number of nitrogens with one attached hydrogen (secondary N) is 2. The Morgan fingerprint density at radius 1 is 0.938 bits per heavy atom. The summed E-state index contributed by atoms with van der Waals surface area (Å²) in [5.74, 6) is -1.66. The maximum atomic E-state index is 13.6. The van der Waals surface area contributed by atoms with Crippen molar-refractivity contribution >= 4 is 74.7 Å². The molecule has 4 amide bonds. The molecule has 0 saturated carbocycles. The predicted octanol–water partition coefficient (Wildman–Crippen LogP) is 6.47. The van der Waals surface area contributed by atoms with Crippen molar-refractivity contribution in [3.63, 3.8) is 0 Å². The number of benzene rings is 4. The van der Waals surface area contributed by atoms with Gasteiger partial charge in [0.05, 0.1) is 34.7 Å². The molecule has 2 N–H and O–H groups in total. The van der Waals surface area contributed by atoms with E-state index in [9.17, 15) is 24.0 Å². The highest BCUT2D eigenvalue weighted by molar-refractivity contribution is 9.10. The number of imide groups is 1. The van der Waals surface area contributed by atoms with E-state index in [0.717, 1.165) is 4.90 Å². The van der Waals surface area contributed by atoms with Gasteiger partial charge in [0.15, 0.2) is 0 Å². The van der Waals surface area contributed by atoms with Crippen molar-refractivity contribution < 1.29 is 33.4 Å². The lowest BCUT2D eigenvalue weighted by Gasteiger charge is -2.16. The molecular weight excluding hydrogens is 698 g/mol. The van der Waals surface area contributed by atoms with Crippen LogP contribution in [0.25, 0.3) is 6.08 Å². The summed E-state index contributed by atoms with van der Waals surface area (Å²) in [6.45, 7) is 1.94. The lowest BCUT2D eigenvalue weighted by Crippen LogP contribution is -2.31. The van der Waals surface area contributed by atoms with Crippen LogP contribution in [0.5, 0.6) is 5.75 Å². The third-order valence-electron chi connectivity index (χ3n) is 7.13. The summed E-state index contributed by atoms with van der Waals surface area (Å²) >= 11 is 4.65. The zero-order valence-electron chi connectivity index (χ0n) is 25.9. The maximum Gasteiger partial charge on any atom is 0.338 e. The Morgan fingerprint density at radius 2 is 1.69 bits per heavy atom. The Kier molecular flexibility index (Phi) is 11.1. The predicted molar refractivity (Wildman–Crippen MR) is 187 cm³/mol. The number of rotatable bonds is 11. The van der Waals surface area contributed by atoms with E-state index < -0.39 is 23.0 Å². The van der Waals surface area contributed by atoms with Crippen LogP contribution in [0.2, 0.25) is 0 Å². The fourth-order valence-electron chi connectivity index (χ4n) is 4.82. The molecule has 0 radical (unpaired) electrons. The molecule has 1 fully saturated rings. The molecule has 0 aromatic heterocycles. The van der Waals surface area contributed by atoms with Crippen LogP contribution in [0.4, 0.5) is 11.4 Å². The van der Waals surface area contributed by atoms with Gasteiger partial charge in [-0.05, 0) is 101 Å². The van der Waals surface area contributed by atoms with E-state index in [2.05, 4.69) is 26.6 Å². The number of esters is 1. The molecule has 12 heteroatoms. The van der Waals surface area contributed by atoms with Gasteiger partial charge in [-0.3, -0.25) is 19.2 Å². The largest absolute Gasteiger partial charge is 0.496 e. The molecule has 0 spiro atoms. The lowest BCUT2D eigenvalue weighted by atomic mass is 10.1. The van der Waals surface area contributed by atoms with Crippen molar-refractivity contribution in [3.05, 3.63) is 124 Å². The second kappa shape index (κ2) is 15.6. The number of ether oxygens (including phenoxy) is 2. The van der Waals surface area contributed by atoms with Gasteiger partial charge in [-0.25, -0.2) is 9.69 Å². The standard InChI is InChI=1S/C36H30BrN3O7S/c1-3-47-36(45)24-13-15-26(16-14-24)40-32(41)21-31(35(40)44)48-27-11-7-10-25(20-27)38-34(43)29(39-33(42)23-8-5-4-6-9-23)19-22-12-17-30(46-2)28(37)18-22/h4-20,31H,3,21H2,1-2H3,(H,38,43)(H,39,42)/b29-19-/t31-/m1/s1. The van der Waals surface area contributed by atoms with E-state index in [0.29, 0.717) is 43.2 Å². The van der Waals surface area contributed by atoms with Crippen molar-refractivity contribution in [2.24, 2.45) is 0 Å². The first-order valence-electron chi connectivity index (χ1n) is 14.8. The number of methoxy groups -OCH3 is 1. The summed E-state index contributed by atoms with van der Waals surface area (Å²) in [5, 5.41) is 4.85. The molecule has 10 nitrogen and oxygen atoms in total. The Hall–Kier alpha value is -5.20. The average molecular weight is 729 g/mol. The van der Waals surface area contributed by atoms with Gasteiger partial charge in [-0.1, -0.05) is 30.3 Å². The summed E-state index contributed by atoms with van der Waals surface area (Å²) in [6.07, 6.45) is 1.53. The van der Waals surface area contributed by atoms with Crippen LogP contribution in [0.15, 0.2) is 112 Å². The van der Waals surface area contributed by atoms with Crippen molar-refractivity contribution in [2.75, 3.05) is 23.9 Å². The van der Waals surface area contributed by atoms with E-state index in [1.165, 1.54) is 36.0 Å². The topological polar surface area (TPSA) is 131 Å². The second-order valence-electron chi connectivity index (χ2n) is 10.4. The molecule has 48 heavy (non-hydrogen) atoms. The molecule has 1 aliphatic rings. The summed E-state index contributed by atoms with van der Waals surface area (Å²) in [4.78, 5) is 66.6. The average Bonchev–Trinajstić information content (AvgIpc) is 3.36. The number of nitrogens with zero attached hydrogens (tertiary/aromatic N) is 1. The Morgan fingerprint density at radius 3 is 2.38 bits per heavy atom. The number of anilines is 2. The number of hydrogen-bond acceptors (Lipinski definition) is 8. The van der Waals surface area contributed by atoms with E-state index in [1.54, 1.807) is 92.9 Å². The highest BCUT2D eigenvalue weighted by atomic mass is 79.9. The Labute approximate surface area is 289 Å². The number of halogens is 1. The SMILES string of the molecule is CCOC(=O)c1ccc(N2C(=O)C[C@@H](Sc3cccc(NC(=O)/C(=C/c4ccc(OC)c(Br)c4)NC(=O)c4ccccc4)c3)C2=O)cc1. The molecule has 4 aromatic rings. The van der Waals surface area contributed by atoms with Gasteiger partial charge in [-0.15, -0.1) is 11.8 Å². The Balaban J connectivity index is 1.31. The molecule has 1 saturated heterocycles. The number of amides is 4. The fraction of sp³-hybridized carbons (Fsp3) is 0.139. The quantitative estimate of drug-likeness (QED) is 0.102. The first kappa shape index (κ1) is 34.1. The molecule has 4 aromatic carbocycles. The normalized spacial score (nSPS) is 14.4. The van der Waals surface area contributed by atoms with Gasteiger partial charge in [0.2, 0.25) is 11.8 Å². The maximum absolute atomic E-state index is 13.6. The number of hydrogen-bond donors (Lipinski definition) is 2. The summed E-state index contributed by atoms with van der Waals surface area (Å²) < 4.78 is 11.0. The van der Waals surface area contributed by atoms with Gasteiger partial charge in [-0.2, -0.15) is 0 Å². The monoisotopic (exact) mass is 727 g/mol. The highest BCUT2D eigenvalue weighted by Crippen LogP contribution is 2.35. The van der Waals surface area contributed by atoms with E-state index >= 15 is 0 Å². The summed E-state index contributed by atoms with van der Waals surface area (Å²) in [7, 11) is 1.55. The van der Waals surface area contributed by atoms with Crippen molar-refractivity contribution in [2.45, 2.75) is 23.5 Å². The minimum atomic E-state index is -0.692. The molecule has 5 rings (SSSR count). The van der Waals surface area contributed by atoms with Crippen LogP contribution in [0.3, 0.4) is 0 Å². The molecule has 1 atom stereocenters. The van der Waals surface area contributed by atoms with E-state index in [1.807, 2.05) is 0 Å².